The summed E-state index contributed by atoms with van der Waals surface area (Å²) in [5.41, 5.74) is 1.68. The van der Waals surface area contributed by atoms with Gasteiger partial charge < -0.3 is 9.64 Å². The second-order valence-electron chi connectivity index (χ2n) is 5.72. The average Bonchev–Trinajstić information content (AvgIpc) is 3.10. The first-order chi connectivity index (χ1) is 9.66. The highest BCUT2D eigenvalue weighted by atomic mass is 35.5. The maximum Gasteiger partial charge on any atom is 0.254 e. The summed E-state index contributed by atoms with van der Waals surface area (Å²) in [6.45, 7) is 3.61. The van der Waals surface area contributed by atoms with Gasteiger partial charge in [-0.2, -0.15) is 0 Å². The lowest BCUT2D eigenvalue weighted by atomic mass is 10.0. The Hall–Kier alpha value is -1.06. The molecule has 0 bridgehead atoms. The van der Waals surface area contributed by atoms with E-state index in [2.05, 4.69) is 0 Å². The van der Waals surface area contributed by atoms with Crippen LogP contribution in [0.1, 0.15) is 41.6 Å². The Morgan fingerprint density at radius 3 is 2.90 bits per heavy atom. The van der Waals surface area contributed by atoms with Crippen LogP contribution in [-0.4, -0.2) is 36.1 Å². The van der Waals surface area contributed by atoms with E-state index in [4.69, 9.17) is 16.3 Å². The van der Waals surface area contributed by atoms with Gasteiger partial charge in [0.25, 0.3) is 5.91 Å². The van der Waals surface area contributed by atoms with Gasteiger partial charge in [-0.15, -0.1) is 0 Å². The third-order valence-corrected chi connectivity index (χ3v) is 4.78. The molecule has 0 aromatic heterocycles. The fraction of sp³-hybridized carbons (Fsp3) is 0.562. The molecule has 2 aliphatic rings. The minimum absolute atomic E-state index is 0.114. The lowest BCUT2D eigenvalue weighted by Crippen LogP contribution is -2.42. The molecule has 1 aromatic rings. The minimum atomic E-state index is 0.114. The van der Waals surface area contributed by atoms with E-state index in [9.17, 15) is 4.79 Å². The highest BCUT2D eigenvalue weighted by molar-refractivity contribution is 6.31. The van der Waals surface area contributed by atoms with Crippen molar-refractivity contribution in [2.45, 2.75) is 44.8 Å². The number of likely N-dealkylation sites (tertiary alicyclic amines) is 1. The van der Waals surface area contributed by atoms with E-state index in [1.165, 1.54) is 0 Å². The molecule has 0 aliphatic carbocycles. The third kappa shape index (κ3) is 2.57. The molecule has 2 saturated heterocycles. The van der Waals surface area contributed by atoms with Crippen molar-refractivity contribution in [1.29, 1.82) is 0 Å². The van der Waals surface area contributed by atoms with Crippen molar-refractivity contribution in [3.63, 3.8) is 0 Å². The zero-order chi connectivity index (χ0) is 14.1. The smallest absolute Gasteiger partial charge is 0.254 e. The van der Waals surface area contributed by atoms with Gasteiger partial charge in [-0.05, 0) is 56.4 Å². The molecule has 1 aromatic carbocycles. The molecule has 1 amide bonds. The number of carbonyl (C=O) groups is 1. The number of rotatable bonds is 2. The number of ether oxygens (including phenoxy) is 1. The van der Waals surface area contributed by atoms with Gasteiger partial charge in [0.15, 0.2) is 0 Å². The van der Waals surface area contributed by atoms with Gasteiger partial charge >= 0.3 is 0 Å². The monoisotopic (exact) mass is 293 g/mol. The highest BCUT2D eigenvalue weighted by Crippen LogP contribution is 2.29. The molecular formula is C16H20ClNO2. The van der Waals surface area contributed by atoms with Crippen molar-refractivity contribution < 1.29 is 9.53 Å². The van der Waals surface area contributed by atoms with Crippen molar-refractivity contribution >= 4 is 17.5 Å². The van der Waals surface area contributed by atoms with E-state index in [0.717, 1.165) is 50.0 Å². The fourth-order valence-electron chi connectivity index (χ4n) is 3.28. The Morgan fingerprint density at radius 1 is 1.35 bits per heavy atom. The number of hydrogen-bond acceptors (Lipinski definition) is 2. The number of carbonyl (C=O) groups excluding carboxylic acids is 1. The van der Waals surface area contributed by atoms with Crippen molar-refractivity contribution in [3.05, 3.63) is 34.3 Å². The molecule has 0 radical (unpaired) electrons. The quantitative estimate of drug-likeness (QED) is 0.836. The Morgan fingerprint density at radius 2 is 2.20 bits per heavy atom. The Labute approximate surface area is 124 Å². The molecule has 108 valence electrons. The first-order valence-electron chi connectivity index (χ1n) is 7.35. The molecule has 0 spiro atoms. The van der Waals surface area contributed by atoms with Crippen LogP contribution in [0, 0.1) is 6.92 Å². The SMILES string of the molecule is Cc1cc(C(=O)N2CCCC2C2CCCO2)ccc1Cl. The van der Waals surface area contributed by atoms with Gasteiger partial charge in [0, 0.05) is 23.7 Å². The van der Waals surface area contributed by atoms with E-state index in [-0.39, 0.29) is 18.1 Å². The molecule has 2 atom stereocenters. The largest absolute Gasteiger partial charge is 0.376 e. The normalized spacial score (nSPS) is 26.2. The highest BCUT2D eigenvalue weighted by Gasteiger charge is 2.37. The summed E-state index contributed by atoms with van der Waals surface area (Å²) in [7, 11) is 0. The van der Waals surface area contributed by atoms with Crippen LogP contribution in [0.5, 0.6) is 0 Å². The van der Waals surface area contributed by atoms with Gasteiger partial charge in [0.2, 0.25) is 0 Å². The zero-order valence-corrected chi connectivity index (χ0v) is 12.5. The van der Waals surface area contributed by atoms with Crippen LogP contribution in [0.15, 0.2) is 18.2 Å². The lowest BCUT2D eigenvalue weighted by molar-refractivity contribution is 0.0341. The number of nitrogens with zero attached hydrogens (tertiary/aromatic N) is 1. The fourth-order valence-corrected chi connectivity index (χ4v) is 3.40. The van der Waals surface area contributed by atoms with Gasteiger partial charge in [0.05, 0.1) is 12.1 Å². The lowest BCUT2D eigenvalue weighted by Gasteiger charge is -2.29. The Bertz CT molecular complexity index is 511. The first-order valence-corrected chi connectivity index (χ1v) is 7.73. The van der Waals surface area contributed by atoms with Gasteiger partial charge in [0.1, 0.15) is 0 Å². The van der Waals surface area contributed by atoms with Crippen LogP contribution in [0.3, 0.4) is 0 Å². The average molecular weight is 294 g/mol. The van der Waals surface area contributed by atoms with Crippen LogP contribution in [0.2, 0.25) is 5.02 Å². The summed E-state index contributed by atoms with van der Waals surface area (Å²) in [5.74, 6) is 0.114. The summed E-state index contributed by atoms with van der Waals surface area (Å²) < 4.78 is 5.78. The summed E-state index contributed by atoms with van der Waals surface area (Å²) in [6, 6.07) is 5.76. The maximum atomic E-state index is 12.7. The summed E-state index contributed by atoms with van der Waals surface area (Å²) in [6.07, 6.45) is 4.55. The summed E-state index contributed by atoms with van der Waals surface area (Å²) >= 11 is 6.03. The van der Waals surface area contributed by atoms with E-state index in [1.807, 2.05) is 24.0 Å². The van der Waals surface area contributed by atoms with Crippen molar-refractivity contribution in [1.82, 2.24) is 4.90 Å². The topological polar surface area (TPSA) is 29.5 Å². The minimum Gasteiger partial charge on any atom is -0.376 e. The van der Waals surface area contributed by atoms with E-state index in [1.54, 1.807) is 6.07 Å². The predicted octanol–water partition coefficient (Wildman–Crippen LogP) is 3.43. The van der Waals surface area contributed by atoms with Gasteiger partial charge in [-0.1, -0.05) is 11.6 Å². The molecule has 0 saturated carbocycles. The second kappa shape index (κ2) is 5.74. The molecule has 3 nitrogen and oxygen atoms in total. The van der Waals surface area contributed by atoms with Crippen LogP contribution >= 0.6 is 11.6 Å². The number of halogens is 1. The van der Waals surface area contributed by atoms with Crippen LogP contribution < -0.4 is 0 Å². The standard InChI is InChI=1S/C16H20ClNO2/c1-11-10-12(6-7-13(11)17)16(19)18-8-2-4-14(18)15-5-3-9-20-15/h6-7,10,14-15H,2-5,8-9H2,1H3. The molecule has 0 N–H and O–H groups in total. The molecule has 3 rings (SSSR count). The van der Waals surface area contributed by atoms with E-state index < -0.39 is 0 Å². The molecule has 4 heteroatoms. The second-order valence-corrected chi connectivity index (χ2v) is 6.13. The van der Waals surface area contributed by atoms with Crippen molar-refractivity contribution in [2.75, 3.05) is 13.2 Å². The summed E-state index contributed by atoms with van der Waals surface area (Å²) in [5, 5.41) is 0.707. The molecule has 2 aliphatic heterocycles. The number of benzene rings is 1. The number of hydrogen-bond donors (Lipinski definition) is 0. The van der Waals surface area contributed by atoms with Crippen LogP contribution in [-0.2, 0) is 4.74 Å². The Balaban J connectivity index is 1.79. The van der Waals surface area contributed by atoms with E-state index >= 15 is 0 Å². The zero-order valence-electron chi connectivity index (χ0n) is 11.8. The summed E-state index contributed by atoms with van der Waals surface area (Å²) in [4.78, 5) is 14.7. The maximum absolute atomic E-state index is 12.7. The number of amides is 1. The van der Waals surface area contributed by atoms with Crippen molar-refractivity contribution in [3.8, 4) is 0 Å². The predicted molar refractivity (Wildman–Crippen MR) is 79.2 cm³/mol. The van der Waals surface area contributed by atoms with Crippen molar-refractivity contribution in [2.24, 2.45) is 0 Å². The first kappa shape index (κ1) is 13.9. The molecule has 20 heavy (non-hydrogen) atoms. The van der Waals surface area contributed by atoms with Gasteiger partial charge in [-0.25, -0.2) is 0 Å². The van der Waals surface area contributed by atoms with E-state index in [0.29, 0.717) is 5.02 Å². The third-order valence-electron chi connectivity index (χ3n) is 4.36. The van der Waals surface area contributed by atoms with Crippen LogP contribution in [0.25, 0.3) is 0 Å². The molecule has 2 heterocycles. The number of aryl methyl sites for hydroxylation is 1. The van der Waals surface area contributed by atoms with Gasteiger partial charge in [-0.3, -0.25) is 4.79 Å². The molecule has 2 unspecified atom stereocenters. The Kier molecular flexibility index (Phi) is 3.99. The molecule has 2 fully saturated rings. The van der Waals surface area contributed by atoms with Crippen LogP contribution in [0.4, 0.5) is 0 Å². The molecular weight excluding hydrogens is 274 g/mol.